The summed E-state index contributed by atoms with van der Waals surface area (Å²) in [6.07, 6.45) is 0.951. The van der Waals surface area contributed by atoms with Crippen LogP contribution in [0.4, 0.5) is 4.39 Å². The fourth-order valence-electron chi connectivity index (χ4n) is 2.56. The number of hydrogen-bond acceptors (Lipinski definition) is 2. The van der Waals surface area contributed by atoms with Crippen LogP contribution in [-0.2, 0) is 0 Å². The zero-order valence-corrected chi connectivity index (χ0v) is 10.9. The van der Waals surface area contributed by atoms with E-state index >= 15 is 0 Å². The van der Waals surface area contributed by atoms with Crippen molar-refractivity contribution in [3.63, 3.8) is 0 Å². The van der Waals surface area contributed by atoms with Crippen LogP contribution in [0.15, 0.2) is 18.2 Å². The maximum absolute atomic E-state index is 13.5. The molecular formula is C13H18ClFN2. The molecule has 0 unspecified atom stereocenters. The van der Waals surface area contributed by atoms with Gasteiger partial charge >= 0.3 is 0 Å². The van der Waals surface area contributed by atoms with Gasteiger partial charge in [-0.2, -0.15) is 0 Å². The summed E-state index contributed by atoms with van der Waals surface area (Å²) in [6, 6.07) is 5.56. The Morgan fingerprint density at radius 1 is 1.47 bits per heavy atom. The van der Waals surface area contributed by atoms with E-state index in [9.17, 15) is 4.39 Å². The van der Waals surface area contributed by atoms with E-state index in [1.54, 1.807) is 6.07 Å². The molecule has 17 heavy (non-hydrogen) atoms. The first-order valence-electron chi connectivity index (χ1n) is 5.97. The van der Waals surface area contributed by atoms with Crippen molar-refractivity contribution in [2.45, 2.75) is 38.4 Å². The molecule has 0 aromatic heterocycles. The molecule has 0 aliphatic carbocycles. The average Bonchev–Trinajstić information content (AvgIpc) is 2.64. The Hall–Kier alpha value is -0.640. The van der Waals surface area contributed by atoms with Gasteiger partial charge < -0.3 is 5.73 Å². The summed E-state index contributed by atoms with van der Waals surface area (Å²) >= 11 is 5.70. The molecule has 0 saturated carbocycles. The van der Waals surface area contributed by atoms with Gasteiger partial charge in [0.15, 0.2) is 0 Å². The highest BCUT2D eigenvalue weighted by molar-refractivity contribution is 6.30. The highest BCUT2D eigenvalue weighted by Gasteiger charge is 2.34. The molecule has 2 nitrogen and oxygen atoms in total. The fourth-order valence-corrected chi connectivity index (χ4v) is 2.67. The summed E-state index contributed by atoms with van der Waals surface area (Å²) in [5.74, 6) is -0.369. The predicted molar refractivity (Wildman–Crippen MR) is 68.6 cm³/mol. The molecule has 0 bridgehead atoms. The second kappa shape index (κ2) is 4.92. The molecule has 0 amide bonds. The number of benzene rings is 1. The normalized spacial score (nSPS) is 25.8. The first-order chi connectivity index (χ1) is 8.00. The van der Waals surface area contributed by atoms with Crippen LogP contribution < -0.4 is 5.73 Å². The summed E-state index contributed by atoms with van der Waals surface area (Å²) in [5, 5.41) is 0.163. The van der Waals surface area contributed by atoms with Crippen molar-refractivity contribution in [1.82, 2.24) is 4.90 Å². The van der Waals surface area contributed by atoms with Crippen LogP contribution in [0.3, 0.4) is 0 Å². The third-order valence-electron chi connectivity index (χ3n) is 3.43. The van der Waals surface area contributed by atoms with E-state index < -0.39 is 0 Å². The minimum Gasteiger partial charge on any atom is -0.326 e. The van der Waals surface area contributed by atoms with Gasteiger partial charge in [0.2, 0.25) is 0 Å². The van der Waals surface area contributed by atoms with Gasteiger partial charge in [0.05, 0.1) is 11.1 Å². The van der Waals surface area contributed by atoms with E-state index in [0.717, 1.165) is 18.5 Å². The lowest BCUT2D eigenvalue weighted by Crippen LogP contribution is -2.35. The number of nitrogens with two attached hydrogens (primary N) is 1. The molecule has 2 N–H and O–H groups in total. The smallest absolute Gasteiger partial charge is 0.142 e. The summed E-state index contributed by atoms with van der Waals surface area (Å²) < 4.78 is 13.5. The van der Waals surface area contributed by atoms with Crippen molar-refractivity contribution in [3.05, 3.63) is 34.6 Å². The second-order valence-electron chi connectivity index (χ2n) is 4.90. The van der Waals surface area contributed by atoms with E-state index in [-0.39, 0.29) is 22.9 Å². The number of nitrogens with zero attached hydrogens (tertiary/aromatic N) is 1. The second-order valence-corrected chi connectivity index (χ2v) is 5.31. The Bertz CT molecular complexity index is 408. The highest BCUT2D eigenvalue weighted by atomic mass is 35.5. The van der Waals surface area contributed by atoms with Crippen LogP contribution in [0.1, 0.15) is 31.9 Å². The van der Waals surface area contributed by atoms with Crippen LogP contribution in [0.25, 0.3) is 0 Å². The molecule has 4 heteroatoms. The standard InChI is InChI=1S/C13H18ClFN2/c1-8(2)17-6-5-12(16)13(17)9-3-4-10(14)11(15)7-9/h3-4,7-8,12-13H,5-6,16H2,1-2H3/t12-,13-/m1/s1. The summed E-state index contributed by atoms with van der Waals surface area (Å²) in [5.41, 5.74) is 7.05. The van der Waals surface area contributed by atoms with E-state index in [4.69, 9.17) is 17.3 Å². The summed E-state index contributed by atoms with van der Waals surface area (Å²) in [4.78, 5) is 2.31. The molecule has 0 radical (unpaired) electrons. The Kier molecular flexibility index (Phi) is 3.71. The van der Waals surface area contributed by atoms with E-state index in [0.29, 0.717) is 6.04 Å². The lowest BCUT2D eigenvalue weighted by molar-refractivity contribution is 0.198. The third-order valence-corrected chi connectivity index (χ3v) is 3.74. The molecule has 2 rings (SSSR count). The SMILES string of the molecule is CC(C)N1CC[C@@H](N)[C@H]1c1ccc(Cl)c(F)c1. The van der Waals surface area contributed by atoms with Crippen LogP contribution in [-0.4, -0.2) is 23.5 Å². The Labute approximate surface area is 107 Å². The zero-order valence-electron chi connectivity index (χ0n) is 10.2. The molecule has 1 fully saturated rings. The monoisotopic (exact) mass is 256 g/mol. The van der Waals surface area contributed by atoms with Gasteiger partial charge in [0.1, 0.15) is 5.82 Å². The van der Waals surface area contributed by atoms with Gasteiger partial charge in [-0.15, -0.1) is 0 Å². The van der Waals surface area contributed by atoms with Crippen LogP contribution in [0, 0.1) is 5.82 Å². The predicted octanol–water partition coefficient (Wildman–Crippen LogP) is 2.96. The Balaban J connectivity index is 2.33. The van der Waals surface area contributed by atoms with E-state index in [1.807, 2.05) is 6.07 Å². The molecular weight excluding hydrogens is 239 g/mol. The van der Waals surface area contributed by atoms with Crippen molar-refractivity contribution in [1.29, 1.82) is 0 Å². The molecule has 0 spiro atoms. The molecule has 1 aromatic carbocycles. The van der Waals surface area contributed by atoms with Crippen LogP contribution >= 0.6 is 11.6 Å². The van der Waals surface area contributed by atoms with Gasteiger partial charge in [0.25, 0.3) is 0 Å². The van der Waals surface area contributed by atoms with Gasteiger partial charge in [-0.3, -0.25) is 4.90 Å². The number of hydrogen-bond donors (Lipinski definition) is 1. The summed E-state index contributed by atoms with van der Waals surface area (Å²) in [7, 11) is 0. The largest absolute Gasteiger partial charge is 0.326 e. The first kappa shape index (κ1) is 12.8. The molecule has 1 saturated heterocycles. The van der Waals surface area contributed by atoms with E-state index in [2.05, 4.69) is 18.7 Å². The van der Waals surface area contributed by atoms with Crippen molar-refractivity contribution in [2.75, 3.05) is 6.54 Å². The van der Waals surface area contributed by atoms with Crippen molar-refractivity contribution >= 4 is 11.6 Å². The lowest BCUT2D eigenvalue weighted by Gasteiger charge is -2.30. The quantitative estimate of drug-likeness (QED) is 0.882. The van der Waals surface area contributed by atoms with E-state index in [1.165, 1.54) is 6.07 Å². The lowest BCUT2D eigenvalue weighted by atomic mass is 10.00. The molecule has 94 valence electrons. The molecule has 1 aliphatic rings. The third kappa shape index (κ3) is 2.46. The minimum absolute atomic E-state index is 0.0676. The Morgan fingerprint density at radius 3 is 2.76 bits per heavy atom. The Morgan fingerprint density at radius 2 is 2.18 bits per heavy atom. The van der Waals surface area contributed by atoms with Gasteiger partial charge in [-0.25, -0.2) is 4.39 Å². The number of likely N-dealkylation sites (tertiary alicyclic amines) is 1. The van der Waals surface area contributed by atoms with Crippen molar-refractivity contribution in [2.24, 2.45) is 5.73 Å². The van der Waals surface area contributed by atoms with Crippen molar-refractivity contribution in [3.8, 4) is 0 Å². The average molecular weight is 257 g/mol. The highest BCUT2D eigenvalue weighted by Crippen LogP contribution is 2.33. The number of rotatable bonds is 2. The zero-order chi connectivity index (χ0) is 12.6. The molecule has 1 aliphatic heterocycles. The summed E-state index contributed by atoms with van der Waals surface area (Å²) in [6.45, 7) is 5.24. The molecule has 1 heterocycles. The van der Waals surface area contributed by atoms with Gasteiger partial charge in [0, 0.05) is 18.6 Å². The first-order valence-corrected chi connectivity index (χ1v) is 6.34. The fraction of sp³-hybridized carbons (Fsp3) is 0.538. The maximum atomic E-state index is 13.5. The van der Waals surface area contributed by atoms with Crippen molar-refractivity contribution < 1.29 is 4.39 Å². The molecule has 2 atom stereocenters. The van der Waals surface area contributed by atoms with Crippen LogP contribution in [0.2, 0.25) is 5.02 Å². The topological polar surface area (TPSA) is 29.3 Å². The minimum atomic E-state index is -0.369. The maximum Gasteiger partial charge on any atom is 0.142 e. The van der Waals surface area contributed by atoms with Crippen LogP contribution in [0.5, 0.6) is 0 Å². The molecule has 1 aromatic rings. The number of halogens is 2. The van der Waals surface area contributed by atoms with Gasteiger partial charge in [-0.1, -0.05) is 17.7 Å². The van der Waals surface area contributed by atoms with Gasteiger partial charge in [-0.05, 0) is 38.0 Å².